The Balaban J connectivity index is 0.0000000886. The first-order valence-corrected chi connectivity index (χ1v) is 42.0. The van der Waals surface area contributed by atoms with Crippen molar-refractivity contribution in [2.75, 3.05) is 0 Å². The van der Waals surface area contributed by atoms with E-state index < -0.39 is 0 Å². The molecule has 28 rings (SSSR count). The lowest BCUT2D eigenvalue weighted by Crippen LogP contribution is -2.03. The minimum absolute atomic E-state index is 0.981. The highest BCUT2D eigenvalue weighted by Gasteiger charge is 2.27. The molecule has 0 unspecified atom stereocenters. The van der Waals surface area contributed by atoms with Crippen LogP contribution in [0.4, 0.5) is 0 Å². The molecule has 4 nitrogen and oxygen atoms in total. The summed E-state index contributed by atoms with van der Waals surface area (Å²) in [6, 6.07) is 151. The van der Waals surface area contributed by atoms with Crippen molar-refractivity contribution in [1.82, 2.24) is 18.3 Å². The van der Waals surface area contributed by atoms with E-state index in [0.29, 0.717) is 0 Å². The van der Waals surface area contributed by atoms with Gasteiger partial charge in [0.25, 0.3) is 0 Å². The minimum Gasteiger partial charge on any atom is -0.309 e. The molecule has 0 bridgehead atoms. The van der Waals surface area contributed by atoms with Crippen molar-refractivity contribution >= 4 is 130 Å². The number of para-hydroxylation sites is 8. The predicted molar refractivity (Wildman–Crippen MR) is 506 cm³/mol. The SMILES string of the molecule is c1cc2c3c(cccc3c1)-c1cc(-n3c4ccccc4c4ccccc43)ccc1C2.c1cc2c3c(cccc3c1)-c1ccc(-n3c4ccccc4c4ccccc43)cc1C2.c1ccc2c(c1)Cc1cc(-n3c4ccccc4c4ccccc43)cc3cccc-2c13.c1ccc2c(c1)Cc1cccc3cc(-n4c5ccccc5c5ccccc54)cc-2c13. The van der Waals surface area contributed by atoms with E-state index in [2.05, 4.69) is 431 Å². The zero-order valence-corrected chi connectivity index (χ0v) is 65.9. The van der Waals surface area contributed by atoms with Crippen LogP contribution in [-0.2, 0) is 25.7 Å². The quantitative estimate of drug-likeness (QED) is 0.167. The molecule has 0 saturated heterocycles. The van der Waals surface area contributed by atoms with E-state index in [-0.39, 0.29) is 0 Å². The molecule has 4 aliphatic carbocycles. The van der Waals surface area contributed by atoms with Gasteiger partial charge in [0.15, 0.2) is 0 Å². The van der Waals surface area contributed by atoms with Gasteiger partial charge in [0.05, 0.1) is 44.1 Å². The Hall–Kier alpha value is -15.4. The van der Waals surface area contributed by atoms with Crippen molar-refractivity contribution < 1.29 is 0 Å². The lowest BCUT2D eigenvalue weighted by Gasteiger charge is -2.22. The van der Waals surface area contributed by atoms with Crippen molar-refractivity contribution in [3.63, 3.8) is 0 Å². The molecule has 0 saturated carbocycles. The molecular formula is C116H76N4. The van der Waals surface area contributed by atoms with Crippen molar-refractivity contribution in [2.24, 2.45) is 0 Å². The smallest absolute Gasteiger partial charge is 0.0541 e. The summed E-state index contributed by atoms with van der Waals surface area (Å²) in [6.45, 7) is 0. The number of benzene rings is 20. The van der Waals surface area contributed by atoms with Gasteiger partial charge in [-0.25, -0.2) is 0 Å². The summed E-state index contributed by atoms with van der Waals surface area (Å²) in [5, 5.41) is 21.4. The third kappa shape index (κ3) is 10.6. The molecule has 0 radical (unpaired) electrons. The second-order valence-electron chi connectivity index (χ2n) is 32.8. The monoisotopic (exact) mass is 1520 g/mol. The average molecular weight is 1530 g/mol. The number of hydrogen-bond donors (Lipinski definition) is 0. The van der Waals surface area contributed by atoms with Crippen molar-refractivity contribution in [1.29, 1.82) is 0 Å². The third-order valence-corrected chi connectivity index (χ3v) is 26.3. The second-order valence-corrected chi connectivity index (χ2v) is 32.8. The summed E-state index contributed by atoms with van der Waals surface area (Å²) in [5.74, 6) is 0. The second kappa shape index (κ2) is 27.1. The zero-order chi connectivity index (χ0) is 78.6. The molecule has 4 heterocycles. The maximum absolute atomic E-state index is 2.42. The van der Waals surface area contributed by atoms with Gasteiger partial charge in [-0.1, -0.05) is 315 Å². The summed E-state index contributed by atoms with van der Waals surface area (Å²) in [4.78, 5) is 0. The molecule has 120 heavy (non-hydrogen) atoms. The Morgan fingerprint density at radius 1 is 0.133 bits per heavy atom. The van der Waals surface area contributed by atoms with Gasteiger partial charge >= 0.3 is 0 Å². The molecule has 24 aromatic rings. The van der Waals surface area contributed by atoms with Crippen molar-refractivity contribution in [3.05, 3.63) is 457 Å². The van der Waals surface area contributed by atoms with Crippen molar-refractivity contribution in [2.45, 2.75) is 25.7 Å². The van der Waals surface area contributed by atoms with Crippen LogP contribution in [0, 0.1) is 0 Å². The van der Waals surface area contributed by atoms with Crippen LogP contribution in [0.1, 0.15) is 44.5 Å². The van der Waals surface area contributed by atoms with Gasteiger partial charge < -0.3 is 18.3 Å². The maximum atomic E-state index is 2.42. The fourth-order valence-electron chi connectivity index (χ4n) is 21.3. The van der Waals surface area contributed by atoms with E-state index in [0.717, 1.165) is 25.7 Å². The Morgan fingerprint density at radius 3 is 0.808 bits per heavy atom. The Kier molecular flexibility index (Phi) is 15.4. The van der Waals surface area contributed by atoms with Crippen LogP contribution >= 0.6 is 0 Å². The summed E-state index contributed by atoms with van der Waals surface area (Å²) in [7, 11) is 0. The molecule has 0 amide bonds. The number of fused-ring (bicyclic) bond motifs is 20. The summed E-state index contributed by atoms with van der Waals surface area (Å²) in [5.41, 5.74) is 37.2. The fraction of sp³-hybridized carbons (Fsp3) is 0.0345. The van der Waals surface area contributed by atoms with Crippen molar-refractivity contribution in [3.8, 4) is 67.3 Å². The average Bonchev–Trinajstić information content (AvgIpc) is 1.43. The molecule has 0 aliphatic heterocycles. The predicted octanol–water partition coefficient (Wildman–Crippen LogP) is 30.0. The van der Waals surface area contributed by atoms with Gasteiger partial charge in [-0.2, -0.15) is 0 Å². The highest BCUT2D eigenvalue weighted by molar-refractivity contribution is 6.15. The van der Waals surface area contributed by atoms with E-state index in [1.54, 1.807) is 0 Å². The van der Waals surface area contributed by atoms with Crippen LogP contribution in [0.3, 0.4) is 0 Å². The largest absolute Gasteiger partial charge is 0.309 e. The van der Waals surface area contributed by atoms with Gasteiger partial charge in [0.2, 0.25) is 0 Å². The van der Waals surface area contributed by atoms with E-state index in [4.69, 9.17) is 0 Å². The maximum Gasteiger partial charge on any atom is 0.0541 e. The lowest BCUT2D eigenvalue weighted by molar-refractivity contribution is 1.14. The highest BCUT2D eigenvalue weighted by Crippen LogP contribution is 2.48. The van der Waals surface area contributed by atoms with Crippen LogP contribution in [0.25, 0.3) is 198 Å². The van der Waals surface area contributed by atoms with Gasteiger partial charge in [-0.3, -0.25) is 0 Å². The number of aromatic nitrogens is 4. The van der Waals surface area contributed by atoms with Gasteiger partial charge in [0, 0.05) is 65.8 Å². The minimum atomic E-state index is 0.981. The van der Waals surface area contributed by atoms with E-state index in [9.17, 15) is 0 Å². The van der Waals surface area contributed by atoms with E-state index in [1.807, 2.05) is 0 Å². The van der Waals surface area contributed by atoms with E-state index in [1.165, 1.54) is 242 Å². The topological polar surface area (TPSA) is 19.7 Å². The Morgan fingerprint density at radius 2 is 0.383 bits per heavy atom. The fourth-order valence-corrected chi connectivity index (χ4v) is 21.3. The zero-order valence-electron chi connectivity index (χ0n) is 65.9. The molecule has 20 aromatic carbocycles. The Bertz CT molecular complexity index is 8200. The van der Waals surface area contributed by atoms with Crippen LogP contribution in [-0.4, -0.2) is 18.3 Å². The molecule has 0 N–H and O–H groups in total. The lowest BCUT2D eigenvalue weighted by atomic mass is 9.83. The summed E-state index contributed by atoms with van der Waals surface area (Å²) in [6.07, 6.45) is 3.97. The highest BCUT2D eigenvalue weighted by atomic mass is 15.0. The molecule has 0 fully saturated rings. The van der Waals surface area contributed by atoms with Gasteiger partial charge in [-0.05, 0) is 255 Å². The molecule has 0 spiro atoms. The normalized spacial score (nSPS) is 12.5. The molecule has 4 aromatic heterocycles. The van der Waals surface area contributed by atoms with Crippen LogP contribution < -0.4 is 0 Å². The van der Waals surface area contributed by atoms with Gasteiger partial charge in [0.1, 0.15) is 0 Å². The third-order valence-electron chi connectivity index (χ3n) is 26.3. The Labute approximate surface area is 693 Å². The number of nitrogens with zero attached hydrogens (tertiary/aromatic N) is 4. The first kappa shape index (κ1) is 67.9. The standard InChI is InChI=1S/4C29H19N/c1-3-13-27-23(10-1)24-11-2-4-14-28(24)30(27)22-16-15-20-17-21-9-5-7-19-8-6-12-25(29(19)21)26(20)18-22;1-3-13-27-24(10-1)25-11-2-4-14-28(25)30(27)22-15-16-23-21(18-22)17-20-9-5-7-19-8-6-12-26(23)29(19)20;1-2-11-23-19(8-1)16-20-9-7-10-21-17-22(18-26(23)29(20)21)30-27-14-5-3-12-24(27)25-13-4-6-15-28(25)30;1-2-10-23-19(8-1)16-21-18-22(17-20-9-7-13-26(23)29(20)21)30-27-14-5-3-11-24(27)25-12-4-6-15-28(25)30/h2*1-16,18H,17H2;2*1-15,17-18H,16H2. The number of rotatable bonds is 4. The first-order valence-electron chi connectivity index (χ1n) is 42.0. The van der Waals surface area contributed by atoms with E-state index >= 15 is 0 Å². The summed E-state index contributed by atoms with van der Waals surface area (Å²) < 4.78 is 9.66. The van der Waals surface area contributed by atoms with Crippen LogP contribution in [0.15, 0.2) is 413 Å². The molecular weight excluding hydrogens is 1450 g/mol. The molecule has 560 valence electrons. The summed E-state index contributed by atoms with van der Waals surface area (Å²) >= 11 is 0. The van der Waals surface area contributed by atoms with Crippen LogP contribution in [0.5, 0.6) is 0 Å². The van der Waals surface area contributed by atoms with Crippen LogP contribution in [0.2, 0.25) is 0 Å². The molecule has 4 aliphatic rings. The van der Waals surface area contributed by atoms with Gasteiger partial charge in [-0.15, -0.1) is 0 Å². The molecule has 4 heteroatoms. The first-order chi connectivity index (χ1) is 59.5. The molecule has 0 atom stereocenters. The number of hydrogen-bond acceptors (Lipinski definition) is 0.